The van der Waals surface area contributed by atoms with Gasteiger partial charge in [0.2, 0.25) is 5.60 Å². The minimum absolute atomic E-state index is 0.0191. The highest BCUT2D eigenvalue weighted by Crippen LogP contribution is 2.46. The summed E-state index contributed by atoms with van der Waals surface area (Å²) < 4.78 is 10.6. The van der Waals surface area contributed by atoms with Crippen LogP contribution in [0.25, 0.3) is 0 Å². The Labute approximate surface area is 200 Å². The van der Waals surface area contributed by atoms with Crippen molar-refractivity contribution in [1.29, 1.82) is 0 Å². The summed E-state index contributed by atoms with van der Waals surface area (Å²) in [6.45, 7) is -0.0191. The Morgan fingerprint density at radius 1 is 0.939 bits per heavy atom. The number of carbonyl (C=O) groups is 2. The average Bonchev–Trinajstić information content (AvgIpc) is 3.64. The second-order valence-electron chi connectivity index (χ2n) is 8.18. The highest BCUT2D eigenvalue weighted by Gasteiger charge is 2.52. The van der Waals surface area contributed by atoms with E-state index in [1.54, 1.807) is 59.3 Å². The Hall–Kier alpha value is -2.52. The van der Waals surface area contributed by atoms with E-state index in [4.69, 9.17) is 9.47 Å². The second kappa shape index (κ2) is 9.77. The van der Waals surface area contributed by atoms with Gasteiger partial charge in [0.1, 0.15) is 0 Å². The van der Waals surface area contributed by atoms with Crippen molar-refractivity contribution in [3.63, 3.8) is 0 Å². The smallest absolute Gasteiger partial charge is 0.349 e. The van der Waals surface area contributed by atoms with E-state index < -0.39 is 29.1 Å². The third-order valence-corrected chi connectivity index (χ3v) is 8.34. The molecular formula is C25H26O6S2. The number of esters is 2. The molecule has 6 nitrogen and oxygen atoms in total. The topological polar surface area (TPSA) is 93.1 Å². The van der Waals surface area contributed by atoms with Crippen molar-refractivity contribution in [2.24, 2.45) is 11.8 Å². The van der Waals surface area contributed by atoms with Gasteiger partial charge in [0.25, 0.3) is 0 Å². The van der Waals surface area contributed by atoms with Gasteiger partial charge in [0.15, 0.2) is 5.60 Å². The van der Waals surface area contributed by atoms with Crippen LogP contribution in [0.2, 0.25) is 0 Å². The molecule has 0 aliphatic heterocycles. The molecule has 3 unspecified atom stereocenters. The van der Waals surface area contributed by atoms with E-state index in [1.165, 1.54) is 29.8 Å². The Bertz CT molecular complexity index is 1030. The lowest BCUT2D eigenvalue weighted by Gasteiger charge is -2.35. The van der Waals surface area contributed by atoms with Crippen LogP contribution in [-0.4, -0.2) is 35.9 Å². The Balaban J connectivity index is 1.57. The summed E-state index contributed by atoms with van der Waals surface area (Å²) in [7, 11) is 1.25. The standard InChI is InChI=1S/C25H26O6S2/c1-30-22(26)24(28,18-9-3-2-4-10-18)19-11-5-8-17(19)16-31-23(27)25(29,20-12-6-14-32-20)21-13-7-15-33-21/h2-4,6-7,9-10,12-15,17,19,28-29H,5,8,11,16H2,1H3. The van der Waals surface area contributed by atoms with Crippen molar-refractivity contribution >= 4 is 34.6 Å². The molecule has 4 rings (SSSR count). The minimum atomic E-state index is -1.89. The fraction of sp³-hybridized carbons (Fsp3) is 0.360. The van der Waals surface area contributed by atoms with Gasteiger partial charge in [-0.05, 0) is 47.2 Å². The van der Waals surface area contributed by atoms with Gasteiger partial charge in [-0.15, -0.1) is 22.7 Å². The summed E-state index contributed by atoms with van der Waals surface area (Å²) in [5.74, 6) is -2.25. The van der Waals surface area contributed by atoms with E-state index in [0.29, 0.717) is 28.2 Å². The van der Waals surface area contributed by atoms with Crippen molar-refractivity contribution in [2.75, 3.05) is 13.7 Å². The van der Waals surface area contributed by atoms with Gasteiger partial charge in [0.05, 0.1) is 23.5 Å². The lowest BCUT2D eigenvalue weighted by molar-refractivity contribution is -0.176. The molecule has 0 spiro atoms. The monoisotopic (exact) mass is 486 g/mol. The molecule has 1 aromatic carbocycles. The normalized spacial score (nSPS) is 20.2. The van der Waals surface area contributed by atoms with E-state index in [2.05, 4.69) is 0 Å². The number of benzene rings is 1. The van der Waals surface area contributed by atoms with Crippen LogP contribution >= 0.6 is 22.7 Å². The third-order valence-electron chi connectivity index (χ3n) is 6.39. The van der Waals surface area contributed by atoms with Crippen LogP contribution < -0.4 is 0 Å². The number of ether oxygens (including phenoxy) is 2. The van der Waals surface area contributed by atoms with E-state index in [1.807, 2.05) is 6.07 Å². The van der Waals surface area contributed by atoms with E-state index >= 15 is 0 Å². The molecule has 33 heavy (non-hydrogen) atoms. The maximum atomic E-state index is 13.2. The van der Waals surface area contributed by atoms with Crippen molar-refractivity contribution in [2.45, 2.75) is 30.5 Å². The summed E-state index contributed by atoms with van der Waals surface area (Å²) in [5.41, 5.74) is -3.29. The van der Waals surface area contributed by atoms with Crippen LogP contribution in [0.5, 0.6) is 0 Å². The number of carbonyl (C=O) groups excluding carboxylic acids is 2. The largest absolute Gasteiger partial charge is 0.467 e. The first-order valence-corrected chi connectivity index (χ1v) is 12.5. The van der Waals surface area contributed by atoms with Crippen LogP contribution in [0.1, 0.15) is 34.6 Å². The number of rotatable bonds is 8. The number of hydrogen-bond donors (Lipinski definition) is 2. The highest BCUT2D eigenvalue weighted by atomic mass is 32.1. The van der Waals surface area contributed by atoms with Crippen LogP contribution in [0.3, 0.4) is 0 Å². The van der Waals surface area contributed by atoms with Gasteiger partial charge in [-0.2, -0.15) is 0 Å². The van der Waals surface area contributed by atoms with Crippen LogP contribution in [0.4, 0.5) is 0 Å². The van der Waals surface area contributed by atoms with E-state index in [-0.39, 0.29) is 12.5 Å². The molecule has 2 aromatic heterocycles. The first-order valence-electron chi connectivity index (χ1n) is 10.8. The first kappa shape index (κ1) is 23.6. The predicted octanol–water partition coefficient (Wildman–Crippen LogP) is 4.07. The number of hydrogen-bond acceptors (Lipinski definition) is 8. The van der Waals surface area contributed by atoms with Crippen LogP contribution in [-0.2, 0) is 30.3 Å². The summed E-state index contributed by atoms with van der Waals surface area (Å²) in [6.07, 6.45) is 2.04. The SMILES string of the molecule is COC(=O)C(O)(c1ccccc1)C1CCCC1COC(=O)C(O)(c1cccs1)c1cccs1. The molecule has 2 N–H and O–H groups in total. The molecule has 0 bridgehead atoms. The summed E-state index contributed by atoms with van der Waals surface area (Å²) in [4.78, 5) is 26.9. The van der Waals surface area contributed by atoms with Crippen LogP contribution in [0.15, 0.2) is 65.4 Å². The lowest BCUT2D eigenvalue weighted by atomic mass is 9.75. The molecule has 0 amide bonds. The molecule has 1 fully saturated rings. The number of aliphatic hydroxyl groups is 2. The zero-order valence-corrected chi connectivity index (χ0v) is 19.8. The van der Waals surface area contributed by atoms with Gasteiger partial charge >= 0.3 is 11.9 Å². The predicted molar refractivity (Wildman–Crippen MR) is 126 cm³/mol. The zero-order chi connectivity index (χ0) is 23.5. The number of methoxy groups -OCH3 is 1. The van der Waals surface area contributed by atoms with Gasteiger partial charge in [-0.1, -0.05) is 48.9 Å². The summed E-state index contributed by atoms with van der Waals surface area (Å²) in [5, 5.41) is 26.6. The van der Waals surface area contributed by atoms with Gasteiger partial charge in [0, 0.05) is 5.92 Å². The van der Waals surface area contributed by atoms with E-state index in [0.717, 1.165) is 6.42 Å². The fourth-order valence-electron chi connectivity index (χ4n) is 4.70. The molecule has 0 saturated heterocycles. The van der Waals surface area contributed by atoms with Crippen molar-refractivity contribution in [1.82, 2.24) is 0 Å². The molecule has 3 atom stereocenters. The molecule has 1 saturated carbocycles. The molecule has 1 aliphatic rings. The molecule has 174 valence electrons. The molecular weight excluding hydrogens is 460 g/mol. The fourth-order valence-corrected chi connectivity index (χ4v) is 6.41. The maximum absolute atomic E-state index is 13.2. The van der Waals surface area contributed by atoms with Gasteiger partial charge in [-0.25, -0.2) is 9.59 Å². The highest BCUT2D eigenvalue weighted by molar-refractivity contribution is 7.12. The Morgan fingerprint density at radius 3 is 2.12 bits per heavy atom. The molecule has 0 radical (unpaired) electrons. The Kier molecular flexibility index (Phi) is 6.99. The van der Waals surface area contributed by atoms with Crippen molar-refractivity contribution in [3.8, 4) is 0 Å². The van der Waals surface area contributed by atoms with Gasteiger partial charge in [-0.3, -0.25) is 0 Å². The van der Waals surface area contributed by atoms with Crippen LogP contribution in [0, 0.1) is 11.8 Å². The number of thiophene rings is 2. The minimum Gasteiger partial charge on any atom is -0.467 e. The average molecular weight is 487 g/mol. The second-order valence-corrected chi connectivity index (χ2v) is 10.1. The molecule has 1 aliphatic carbocycles. The molecule has 2 heterocycles. The van der Waals surface area contributed by atoms with Gasteiger partial charge < -0.3 is 19.7 Å². The van der Waals surface area contributed by atoms with E-state index in [9.17, 15) is 19.8 Å². The Morgan fingerprint density at radius 2 is 1.58 bits per heavy atom. The molecule has 8 heteroatoms. The van der Waals surface area contributed by atoms with Crippen molar-refractivity contribution < 1.29 is 29.3 Å². The summed E-state index contributed by atoms with van der Waals surface area (Å²) >= 11 is 2.56. The maximum Gasteiger partial charge on any atom is 0.349 e. The molecule has 3 aromatic rings. The lowest BCUT2D eigenvalue weighted by Crippen LogP contribution is -2.46. The first-order chi connectivity index (χ1) is 15.9. The zero-order valence-electron chi connectivity index (χ0n) is 18.2. The van der Waals surface area contributed by atoms with Crippen molar-refractivity contribution in [3.05, 3.63) is 80.7 Å². The summed E-state index contributed by atoms with van der Waals surface area (Å²) in [6, 6.07) is 15.7. The third kappa shape index (κ3) is 4.24. The quantitative estimate of drug-likeness (QED) is 0.467.